The van der Waals surface area contributed by atoms with Crippen LogP contribution in [0.25, 0.3) is 11.3 Å². The third-order valence-corrected chi connectivity index (χ3v) is 3.63. The van der Waals surface area contributed by atoms with Crippen LogP contribution in [0.4, 0.5) is 13.2 Å². The van der Waals surface area contributed by atoms with Crippen LogP contribution < -0.4 is 5.66 Å². The third kappa shape index (κ3) is 4.08. The average molecular weight is 367 g/mol. The summed E-state index contributed by atoms with van der Waals surface area (Å²) in [5.74, 6) is -0.949. The summed E-state index contributed by atoms with van der Waals surface area (Å²) in [4.78, 5) is 24.9. The molecule has 2 aromatic rings. The molecule has 0 radical (unpaired) electrons. The maximum Gasteiger partial charge on any atom is 0.674 e. The quantitative estimate of drug-likeness (QED) is 0.753. The number of hydrogen-bond donors (Lipinski definition) is 0. The van der Waals surface area contributed by atoms with Gasteiger partial charge in [-0.2, -0.15) is 13.2 Å². The summed E-state index contributed by atoms with van der Waals surface area (Å²) < 4.78 is 53.5. The number of nitrogens with zero attached hydrogens (tertiary/aromatic N) is 1. The van der Waals surface area contributed by atoms with Gasteiger partial charge in [-0.05, 0) is 31.3 Å². The second kappa shape index (κ2) is 6.87. The van der Waals surface area contributed by atoms with Crippen molar-refractivity contribution in [3.05, 3.63) is 42.0 Å². The van der Waals surface area contributed by atoms with Gasteiger partial charge in [0.2, 0.25) is 0 Å². The van der Waals surface area contributed by atoms with Gasteiger partial charge in [0, 0.05) is 5.56 Å². The summed E-state index contributed by atoms with van der Waals surface area (Å²) in [5.41, 5.74) is -0.321. The van der Waals surface area contributed by atoms with Gasteiger partial charge >= 0.3 is 25.2 Å². The van der Waals surface area contributed by atoms with Gasteiger partial charge in [-0.3, -0.25) is 14.5 Å². The lowest BCUT2D eigenvalue weighted by Crippen LogP contribution is -2.47. The van der Waals surface area contributed by atoms with E-state index >= 15 is 0 Å². The van der Waals surface area contributed by atoms with Crippen molar-refractivity contribution in [3.8, 4) is 11.3 Å². The zero-order valence-electron chi connectivity index (χ0n) is 13.6. The molecule has 0 unspecified atom stereocenters. The van der Waals surface area contributed by atoms with E-state index in [2.05, 4.69) is 0 Å². The van der Waals surface area contributed by atoms with Crippen molar-refractivity contribution in [2.45, 2.75) is 6.18 Å². The molecule has 1 aliphatic heterocycles. The molecule has 0 amide bonds. The van der Waals surface area contributed by atoms with E-state index in [0.29, 0.717) is 5.56 Å². The molecule has 3 rings (SSSR count). The van der Waals surface area contributed by atoms with Crippen molar-refractivity contribution in [2.75, 3.05) is 20.1 Å². The van der Waals surface area contributed by atoms with E-state index in [4.69, 9.17) is 13.7 Å². The molecule has 2 heterocycles. The van der Waals surface area contributed by atoms with E-state index in [-0.39, 0.29) is 24.5 Å². The molecular formula is C16H13BF3NO5. The Kier molecular flexibility index (Phi) is 4.77. The second-order valence-corrected chi connectivity index (χ2v) is 5.76. The van der Waals surface area contributed by atoms with Crippen molar-refractivity contribution in [2.24, 2.45) is 0 Å². The Hall–Kier alpha value is -2.75. The van der Waals surface area contributed by atoms with Crippen LogP contribution in [0.15, 0.2) is 40.8 Å². The Morgan fingerprint density at radius 1 is 0.962 bits per heavy atom. The van der Waals surface area contributed by atoms with E-state index in [9.17, 15) is 22.8 Å². The summed E-state index contributed by atoms with van der Waals surface area (Å²) in [7, 11) is 0.227. The zero-order valence-corrected chi connectivity index (χ0v) is 13.6. The first kappa shape index (κ1) is 18.1. The van der Waals surface area contributed by atoms with Crippen molar-refractivity contribution in [3.63, 3.8) is 0 Å². The molecule has 6 nitrogen and oxygen atoms in total. The highest BCUT2D eigenvalue weighted by Gasteiger charge is 2.37. The molecule has 0 bridgehead atoms. The van der Waals surface area contributed by atoms with Crippen LogP contribution >= 0.6 is 0 Å². The van der Waals surface area contributed by atoms with Crippen molar-refractivity contribution < 1.29 is 36.5 Å². The number of carbonyl (C=O) groups is 2. The molecule has 1 aromatic heterocycles. The van der Waals surface area contributed by atoms with Gasteiger partial charge in [0.1, 0.15) is 5.76 Å². The number of likely N-dealkylation sites (N-methyl/N-ethyl adjacent to an activating group) is 1. The lowest BCUT2D eigenvalue weighted by Gasteiger charge is -2.21. The monoisotopic (exact) mass is 367 g/mol. The summed E-state index contributed by atoms with van der Waals surface area (Å²) in [5, 5.41) is 0. The van der Waals surface area contributed by atoms with Crippen LogP contribution in [-0.4, -0.2) is 44.1 Å². The van der Waals surface area contributed by atoms with Crippen molar-refractivity contribution in [1.29, 1.82) is 0 Å². The van der Waals surface area contributed by atoms with Gasteiger partial charge in [0.15, 0.2) is 5.66 Å². The van der Waals surface area contributed by atoms with Crippen molar-refractivity contribution >= 4 is 24.7 Å². The van der Waals surface area contributed by atoms with E-state index in [0.717, 1.165) is 12.1 Å². The normalized spacial score (nSPS) is 16.7. The predicted octanol–water partition coefficient (Wildman–Crippen LogP) is 1.69. The van der Waals surface area contributed by atoms with Crippen LogP contribution in [0.2, 0.25) is 0 Å². The van der Waals surface area contributed by atoms with Gasteiger partial charge in [-0.25, -0.2) is 0 Å². The second-order valence-electron chi connectivity index (χ2n) is 5.76. The van der Waals surface area contributed by atoms with E-state index < -0.39 is 30.8 Å². The average Bonchev–Trinajstić information content (AvgIpc) is 3.01. The molecule has 0 atom stereocenters. The van der Waals surface area contributed by atoms with Crippen LogP contribution in [0.1, 0.15) is 5.56 Å². The fraction of sp³-hybridized carbons (Fsp3) is 0.250. The molecule has 0 aliphatic carbocycles. The maximum absolute atomic E-state index is 12.6. The summed E-state index contributed by atoms with van der Waals surface area (Å²) >= 11 is 0. The number of rotatable bonds is 2. The van der Waals surface area contributed by atoms with Crippen molar-refractivity contribution in [1.82, 2.24) is 4.90 Å². The summed E-state index contributed by atoms with van der Waals surface area (Å²) in [6, 6.07) is 7.31. The van der Waals surface area contributed by atoms with Crippen LogP contribution in [0.3, 0.4) is 0 Å². The molecule has 1 fully saturated rings. The van der Waals surface area contributed by atoms with Crippen LogP contribution in [-0.2, 0) is 25.1 Å². The number of furan rings is 1. The number of halogens is 3. The first-order valence-electron chi connectivity index (χ1n) is 7.57. The minimum Gasteiger partial charge on any atom is -0.492 e. The maximum atomic E-state index is 12.6. The van der Waals surface area contributed by atoms with E-state index in [1.807, 2.05) is 0 Å². The van der Waals surface area contributed by atoms with Gasteiger partial charge in [-0.15, -0.1) is 0 Å². The first-order chi connectivity index (χ1) is 12.2. The highest BCUT2D eigenvalue weighted by atomic mass is 19.4. The molecule has 0 N–H and O–H groups in total. The number of alkyl halides is 3. The molecule has 1 aromatic carbocycles. The van der Waals surface area contributed by atoms with Crippen LogP contribution in [0, 0.1) is 0 Å². The minimum atomic E-state index is -4.43. The molecular weight excluding hydrogens is 354 g/mol. The molecule has 0 saturated carbocycles. The molecule has 26 heavy (non-hydrogen) atoms. The first-order valence-corrected chi connectivity index (χ1v) is 7.57. The molecule has 1 saturated heterocycles. The number of hydrogen-bond acceptors (Lipinski definition) is 6. The Balaban J connectivity index is 1.80. The fourth-order valence-corrected chi connectivity index (χ4v) is 2.41. The Bertz CT molecular complexity index is 798. The molecule has 136 valence electrons. The summed E-state index contributed by atoms with van der Waals surface area (Å²) in [6.07, 6.45) is -4.43. The molecule has 0 spiro atoms. The number of benzene rings is 1. The predicted molar refractivity (Wildman–Crippen MR) is 84.2 cm³/mol. The smallest absolute Gasteiger partial charge is 0.492 e. The number of carbonyl (C=O) groups excluding carboxylic acids is 2. The largest absolute Gasteiger partial charge is 0.674 e. The SMILES string of the molecule is CN1CC(=O)OB(c2ccc(-c3ccc(C(F)(F)F)cc3)o2)OC(=O)C1. The van der Waals surface area contributed by atoms with Gasteiger partial charge in [0.25, 0.3) is 0 Å². The minimum absolute atomic E-state index is 0.0613. The third-order valence-electron chi connectivity index (χ3n) is 3.63. The van der Waals surface area contributed by atoms with E-state index in [1.165, 1.54) is 29.2 Å². The Morgan fingerprint density at radius 3 is 2.08 bits per heavy atom. The van der Waals surface area contributed by atoms with E-state index in [1.54, 1.807) is 7.05 Å². The highest BCUT2D eigenvalue weighted by Crippen LogP contribution is 2.31. The summed E-state index contributed by atoms with van der Waals surface area (Å²) in [6.45, 7) is -0.170. The molecule has 1 aliphatic rings. The van der Waals surface area contributed by atoms with Gasteiger partial charge in [-0.1, -0.05) is 12.1 Å². The zero-order chi connectivity index (χ0) is 18.9. The highest BCUT2D eigenvalue weighted by molar-refractivity contribution is 6.63. The fourth-order valence-electron chi connectivity index (χ4n) is 2.41. The van der Waals surface area contributed by atoms with Gasteiger partial charge in [0.05, 0.1) is 18.7 Å². The topological polar surface area (TPSA) is 69.0 Å². The Morgan fingerprint density at radius 2 is 1.54 bits per heavy atom. The standard InChI is InChI=1S/C16H13BF3NO5/c1-21-8-14(22)25-17(26-15(23)9-21)13-7-6-12(24-13)10-2-4-11(5-3-10)16(18,19)20/h2-7H,8-9H2,1H3. The van der Waals surface area contributed by atoms with Gasteiger partial charge < -0.3 is 13.7 Å². The lowest BCUT2D eigenvalue weighted by molar-refractivity contribution is -0.145. The lowest BCUT2D eigenvalue weighted by atomic mass is 9.85. The molecule has 10 heteroatoms. The van der Waals surface area contributed by atoms with Crippen LogP contribution in [0.5, 0.6) is 0 Å². The Labute approximate surface area is 146 Å².